The first kappa shape index (κ1) is 15.5. The van der Waals surface area contributed by atoms with E-state index in [1.165, 1.54) is 11.3 Å². The lowest BCUT2D eigenvalue weighted by Crippen LogP contribution is -2.49. The Morgan fingerprint density at radius 1 is 1.35 bits per heavy atom. The second kappa shape index (κ2) is 6.78. The van der Waals surface area contributed by atoms with Crippen LogP contribution in [0.2, 0.25) is 0 Å². The Hall–Kier alpha value is -2.42. The maximum absolute atomic E-state index is 12.2. The number of anilines is 1. The van der Waals surface area contributed by atoms with Crippen LogP contribution >= 0.6 is 11.3 Å². The van der Waals surface area contributed by atoms with Crippen molar-refractivity contribution in [3.63, 3.8) is 0 Å². The Labute approximate surface area is 136 Å². The molecule has 9 heteroatoms. The van der Waals surface area contributed by atoms with Crippen molar-refractivity contribution < 1.29 is 9.53 Å². The van der Waals surface area contributed by atoms with Gasteiger partial charge in [0.2, 0.25) is 5.95 Å². The highest BCUT2D eigenvalue weighted by Crippen LogP contribution is 2.19. The monoisotopic (exact) mass is 335 g/mol. The molecule has 0 aliphatic carbocycles. The number of hydrogen-bond donors (Lipinski definition) is 1. The number of aromatic amines is 1. The summed E-state index contributed by atoms with van der Waals surface area (Å²) in [6.45, 7) is 4.33. The van der Waals surface area contributed by atoms with Gasteiger partial charge in [-0.2, -0.15) is 0 Å². The SMILES string of the molecule is CCOC(=O)N1CCN(c2nnc(-c3cccs3)c(=O)[nH]2)CC1. The Bertz CT molecular complexity index is 722. The lowest BCUT2D eigenvalue weighted by atomic mass is 10.3. The number of nitrogens with zero attached hydrogens (tertiary/aromatic N) is 4. The molecule has 1 saturated heterocycles. The molecular weight excluding hydrogens is 318 g/mol. The number of carbonyl (C=O) groups is 1. The Morgan fingerprint density at radius 2 is 2.13 bits per heavy atom. The summed E-state index contributed by atoms with van der Waals surface area (Å²) in [6.07, 6.45) is -0.306. The van der Waals surface area contributed by atoms with E-state index in [0.717, 1.165) is 4.88 Å². The first-order valence-corrected chi connectivity index (χ1v) is 8.24. The summed E-state index contributed by atoms with van der Waals surface area (Å²) in [5, 5.41) is 10.1. The van der Waals surface area contributed by atoms with Gasteiger partial charge in [-0.1, -0.05) is 6.07 Å². The summed E-state index contributed by atoms with van der Waals surface area (Å²) in [6, 6.07) is 3.70. The Morgan fingerprint density at radius 3 is 2.74 bits per heavy atom. The van der Waals surface area contributed by atoms with Crippen LogP contribution < -0.4 is 10.5 Å². The molecule has 2 aromatic heterocycles. The number of nitrogens with one attached hydrogen (secondary N) is 1. The second-order valence-corrected chi connectivity index (χ2v) is 5.92. The molecule has 0 bridgehead atoms. The number of rotatable bonds is 3. The van der Waals surface area contributed by atoms with E-state index in [1.54, 1.807) is 11.8 Å². The maximum Gasteiger partial charge on any atom is 0.409 e. The highest BCUT2D eigenvalue weighted by atomic mass is 32.1. The molecule has 1 aliphatic heterocycles. The molecule has 0 radical (unpaired) electrons. The van der Waals surface area contributed by atoms with Gasteiger partial charge in [0.25, 0.3) is 5.56 Å². The summed E-state index contributed by atoms with van der Waals surface area (Å²) < 4.78 is 4.98. The van der Waals surface area contributed by atoms with Gasteiger partial charge in [-0.15, -0.1) is 21.5 Å². The van der Waals surface area contributed by atoms with Gasteiger partial charge in [0, 0.05) is 26.2 Å². The van der Waals surface area contributed by atoms with Crippen LogP contribution in [-0.4, -0.2) is 59.0 Å². The predicted octanol–water partition coefficient (Wildman–Crippen LogP) is 1.17. The van der Waals surface area contributed by atoms with Crippen molar-refractivity contribution in [3.8, 4) is 10.6 Å². The minimum atomic E-state index is -0.306. The first-order chi connectivity index (χ1) is 11.2. The summed E-state index contributed by atoms with van der Waals surface area (Å²) >= 11 is 1.45. The van der Waals surface area contributed by atoms with Crippen molar-refractivity contribution in [2.75, 3.05) is 37.7 Å². The predicted molar refractivity (Wildman–Crippen MR) is 86.8 cm³/mol. The van der Waals surface area contributed by atoms with E-state index in [-0.39, 0.29) is 11.7 Å². The minimum absolute atomic E-state index is 0.259. The quantitative estimate of drug-likeness (QED) is 0.905. The normalized spacial score (nSPS) is 14.8. The van der Waals surface area contributed by atoms with E-state index >= 15 is 0 Å². The number of hydrogen-bond acceptors (Lipinski definition) is 7. The number of carbonyl (C=O) groups excluding carboxylic acids is 1. The van der Waals surface area contributed by atoms with Crippen LogP contribution in [0, 0.1) is 0 Å². The molecule has 0 saturated carbocycles. The molecule has 0 spiro atoms. The van der Waals surface area contributed by atoms with Gasteiger partial charge < -0.3 is 14.5 Å². The molecule has 8 nitrogen and oxygen atoms in total. The molecule has 0 unspecified atom stereocenters. The summed E-state index contributed by atoms with van der Waals surface area (Å²) in [5.41, 5.74) is 0.0687. The molecule has 0 aromatic carbocycles. The van der Waals surface area contributed by atoms with E-state index < -0.39 is 0 Å². The second-order valence-electron chi connectivity index (χ2n) is 4.98. The van der Waals surface area contributed by atoms with Gasteiger partial charge in [-0.3, -0.25) is 9.78 Å². The first-order valence-electron chi connectivity index (χ1n) is 7.36. The lowest BCUT2D eigenvalue weighted by Gasteiger charge is -2.33. The molecule has 1 fully saturated rings. The van der Waals surface area contributed by atoms with Crippen LogP contribution in [0.1, 0.15) is 6.92 Å². The molecule has 23 heavy (non-hydrogen) atoms. The fourth-order valence-corrected chi connectivity index (χ4v) is 3.07. The average molecular weight is 335 g/mol. The number of piperazine rings is 1. The van der Waals surface area contributed by atoms with Crippen LogP contribution in [0.4, 0.5) is 10.7 Å². The smallest absolute Gasteiger partial charge is 0.409 e. The third-order valence-electron chi connectivity index (χ3n) is 3.54. The van der Waals surface area contributed by atoms with Crippen LogP contribution in [0.3, 0.4) is 0 Å². The lowest BCUT2D eigenvalue weighted by molar-refractivity contribution is 0.105. The molecule has 1 amide bonds. The molecular formula is C14H17N5O3S. The van der Waals surface area contributed by atoms with Crippen LogP contribution in [-0.2, 0) is 4.74 Å². The fraction of sp³-hybridized carbons (Fsp3) is 0.429. The summed E-state index contributed by atoms with van der Waals surface area (Å²) in [7, 11) is 0. The van der Waals surface area contributed by atoms with Gasteiger partial charge in [0.05, 0.1) is 11.5 Å². The van der Waals surface area contributed by atoms with E-state index in [1.807, 2.05) is 22.4 Å². The van der Waals surface area contributed by atoms with Crippen molar-refractivity contribution in [1.82, 2.24) is 20.1 Å². The van der Waals surface area contributed by atoms with Crippen molar-refractivity contribution in [2.45, 2.75) is 6.92 Å². The van der Waals surface area contributed by atoms with Crippen molar-refractivity contribution in [3.05, 3.63) is 27.9 Å². The van der Waals surface area contributed by atoms with Crippen LogP contribution in [0.25, 0.3) is 10.6 Å². The zero-order chi connectivity index (χ0) is 16.2. The highest BCUT2D eigenvalue weighted by Gasteiger charge is 2.23. The molecule has 1 aliphatic rings. The van der Waals surface area contributed by atoms with E-state index in [9.17, 15) is 9.59 Å². The van der Waals surface area contributed by atoms with Crippen LogP contribution in [0.15, 0.2) is 22.3 Å². The average Bonchev–Trinajstić information content (AvgIpc) is 3.09. The molecule has 2 aromatic rings. The van der Waals surface area contributed by atoms with E-state index in [2.05, 4.69) is 15.2 Å². The highest BCUT2D eigenvalue weighted by molar-refractivity contribution is 7.13. The number of H-pyrrole nitrogens is 1. The van der Waals surface area contributed by atoms with Gasteiger partial charge in [-0.25, -0.2) is 4.79 Å². The van der Waals surface area contributed by atoms with Crippen molar-refractivity contribution >= 4 is 23.4 Å². The van der Waals surface area contributed by atoms with Gasteiger partial charge in [-0.05, 0) is 18.4 Å². The zero-order valence-electron chi connectivity index (χ0n) is 12.7. The van der Waals surface area contributed by atoms with Crippen LogP contribution in [0.5, 0.6) is 0 Å². The summed E-state index contributed by atoms with van der Waals surface area (Å²) in [5.74, 6) is 0.429. The van der Waals surface area contributed by atoms with Gasteiger partial charge >= 0.3 is 6.09 Å². The Kier molecular flexibility index (Phi) is 4.56. The molecule has 3 heterocycles. The number of amides is 1. The Balaban J connectivity index is 1.68. The zero-order valence-corrected chi connectivity index (χ0v) is 13.5. The van der Waals surface area contributed by atoms with E-state index in [0.29, 0.717) is 44.4 Å². The molecule has 1 N–H and O–H groups in total. The van der Waals surface area contributed by atoms with E-state index in [4.69, 9.17) is 4.74 Å². The fourth-order valence-electron chi connectivity index (χ4n) is 2.36. The standard InChI is InChI=1S/C14H17N5O3S/c1-2-22-14(21)19-7-5-18(6-8-19)13-15-12(20)11(16-17-13)10-4-3-9-23-10/h3-4,9H,2,5-8H2,1H3,(H,15,17,20). The largest absolute Gasteiger partial charge is 0.450 e. The number of ether oxygens (including phenoxy) is 1. The molecule has 3 rings (SSSR count). The number of aromatic nitrogens is 3. The minimum Gasteiger partial charge on any atom is -0.450 e. The van der Waals surface area contributed by atoms with Crippen molar-refractivity contribution in [1.29, 1.82) is 0 Å². The summed E-state index contributed by atoms with van der Waals surface area (Å²) in [4.78, 5) is 31.0. The molecule has 122 valence electrons. The van der Waals surface area contributed by atoms with Crippen molar-refractivity contribution in [2.24, 2.45) is 0 Å². The topological polar surface area (TPSA) is 91.4 Å². The maximum atomic E-state index is 12.2. The third-order valence-corrected chi connectivity index (χ3v) is 4.42. The third kappa shape index (κ3) is 3.34. The van der Waals surface area contributed by atoms with Gasteiger partial charge in [0.1, 0.15) is 0 Å². The number of thiophene rings is 1. The molecule has 0 atom stereocenters. The van der Waals surface area contributed by atoms with Gasteiger partial charge in [0.15, 0.2) is 5.69 Å².